The van der Waals surface area contributed by atoms with Gasteiger partial charge < -0.3 is 9.88 Å². The van der Waals surface area contributed by atoms with Crippen molar-refractivity contribution in [1.29, 1.82) is 0 Å². The van der Waals surface area contributed by atoms with E-state index < -0.39 is 0 Å². The average Bonchev–Trinajstić information content (AvgIpc) is 3.01. The second kappa shape index (κ2) is 5.77. The lowest BCUT2D eigenvalue weighted by Gasteiger charge is -2.07. The molecular weight excluding hydrogens is 271 g/mol. The summed E-state index contributed by atoms with van der Waals surface area (Å²) in [5, 5.41) is 5.50. The molecule has 20 heavy (non-hydrogen) atoms. The van der Waals surface area contributed by atoms with Crippen LogP contribution in [0.4, 0.5) is 4.39 Å². The second-order valence-corrected chi connectivity index (χ2v) is 5.83. The van der Waals surface area contributed by atoms with Crippen LogP contribution in [0.2, 0.25) is 0 Å². The molecule has 0 aliphatic rings. The zero-order valence-electron chi connectivity index (χ0n) is 11.4. The standard InChI is InChI=1S/C16H17FN2S/c1-19-13(10-16-15(19)7-9-20-16)11-18-8-6-12-4-2-3-5-14(12)17/h2-5,7,9-10,18H,6,8,11H2,1H3. The minimum atomic E-state index is -0.117. The van der Waals surface area contributed by atoms with Gasteiger partial charge >= 0.3 is 0 Å². The number of rotatable bonds is 5. The molecule has 2 heterocycles. The first-order valence-corrected chi connectivity index (χ1v) is 7.59. The van der Waals surface area contributed by atoms with Crippen LogP contribution in [0.3, 0.4) is 0 Å². The minimum absolute atomic E-state index is 0.117. The Morgan fingerprint density at radius 3 is 2.90 bits per heavy atom. The molecule has 3 aromatic rings. The van der Waals surface area contributed by atoms with Crippen molar-refractivity contribution in [2.24, 2.45) is 7.05 Å². The van der Waals surface area contributed by atoms with Crippen LogP contribution in [-0.4, -0.2) is 11.1 Å². The molecule has 2 aromatic heterocycles. The number of hydrogen-bond acceptors (Lipinski definition) is 2. The van der Waals surface area contributed by atoms with Crippen molar-refractivity contribution in [3.05, 3.63) is 58.9 Å². The highest BCUT2D eigenvalue weighted by molar-refractivity contribution is 7.17. The van der Waals surface area contributed by atoms with Crippen molar-refractivity contribution in [1.82, 2.24) is 9.88 Å². The van der Waals surface area contributed by atoms with E-state index in [1.165, 1.54) is 22.0 Å². The van der Waals surface area contributed by atoms with Gasteiger partial charge in [-0.3, -0.25) is 0 Å². The molecule has 3 rings (SSSR count). The molecule has 0 saturated carbocycles. The lowest BCUT2D eigenvalue weighted by molar-refractivity contribution is 0.594. The van der Waals surface area contributed by atoms with E-state index in [2.05, 4.69) is 34.4 Å². The highest BCUT2D eigenvalue weighted by Crippen LogP contribution is 2.23. The van der Waals surface area contributed by atoms with Gasteiger partial charge in [0.15, 0.2) is 0 Å². The largest absolute Gasteiger partial charge is 0.346 e. The predicted octanol–water partition coefficient (Wildman–Crippen LogP) is 3.71. The lowest BCUT2D eigenvalue weighted by atomic mass is 10.1. The molecule has 0 unspecified atom stereocenters. The van der Waals surface area contributed by atoms with Gasteiger partial charge in [0, 0.05) is 19.3 Å². The van der Waals surface area contributed by atoms with Crippen molar-refractivity contribution in [3.8, 4) is 0 Å². The zero-order chi connectivity index (χ0) is 13.9. The third-order valence-electron chi connectivity index (χ3n) is 3.60. The van der Waals surface area contributed by atoms with Crippen LogP contribution in [0.5, 0.6) is 0 Å². The number of halogens is 1. The van der Waals surface area contributed by atoms with Crippen LogP contribution in [0, 0.1) is 5.82 Å². The summed E-state index contributed by atoms with van der Waals surface area (Å²) >= 11 is 1.76. The van der Waals surface area contributed by atoms with Gasteiger partial charge in [-0.05, 0) is 42.1 Å². The Morgan fingerprint density at radius 1 is 1.25 bits per heavy atom. The van der Waals surface area contributed by atoms with E-state index in [-0.39, 0.29) is 5.82 Å². The van der Waals surface area contributed by atoms with Gasteiger partial charge in [0.25, 0.3) is 0 Å². The van der Waals surface area contributed by atoms with Gasteiger partial charge in [0.05, 0.1) is 10.2 Å². The number of benzene rings is 1. The average molecular weight is 288 g/mol. The van der Waals surface area contributed by atoms with Gasteiger partial charge in [-0.25, -0.2) is 4.39 Å². The molecule has 1 aromatic carbocycles. The minimum Gasteiger partial charge on any atom is -0.346 e. The Kier molecular flexibility index (Phi) is 3.85. The molecule has 0 saturated heterocycles. The Morgan fingerprint density at radius 2 is 2.10 bits per heavy atom. The van der Waals surface area contributed by atoms with Crippen molar-refractivity contribution >= 4 is 21.6 Å². The fourth-order valence-electron chi connectivity index (χ4n) is 2.41. The molecule has 0 amide bonds. The number of fused-ring (bicyclic) bond motifs is 1. The van der Waals surface area contributed by atoms with E-state index in [0.717, 1.165) is 18.7 Å². The van der Waals surface area contributed by atoms with Crippen LogP contribution in [0.1, 0.15) is 11.3 Å². The topological polar surface area (TPSA) is 17.0 Å². The van der Waals surface area contributed by atoms with E-state index in [9.17, 15) is 4.39 Å². The quantitative estimate of drug-likeness (QED) is 0.708. The third kappa shape index (κ3) is 2.62. The van der Waals surface area contributed by atoms with Crippen LogP contribution < -0.4 is 5.32 Å². The SMILES string of the molecule is Cn1c(CNCCc2ccccc2F)cc2sccc21. The molecule has 4 heteroatoms. The Hall–Kier alpha value is -1.65. The van der Waals surface area contributed by atoms with E-state index in [1.807, 2.05) is 12.1 Å². The van der Waals surface area contributed by atoms with Crippen molar-refractivity contribution in [2.45, 2.75) is 13.0 Å². The van der Waals surface area contributed by atoms with Crippen molar-refractivity contribution in [2.75, 3.05) is 6.54 Å². The van der Waals surface area contributed by atoms with Gasteiger partial charge in [0.2, 0.25) is 0 Å². The molecule has 104 valence electrons. The second-order valence-electron chi connectivity index (χ2n) is 4.88. The molecule has 0 fully saturated rings. The van der Waals surface area contributed by atoms with Crippen molar-refractivity contribution < 1.29 is 4.39 Å². The molecule has 0 spiro atoms. The first-order valence-electron chi connectivity index (χ1n) is 6.71. The summed E-state index contributed by atoms with van der Waals surface area (Å²) in [7, 11) is 2.09. The van der Waals surface area contributed by atoms with Gasteiger partial charge in [-0.2, -0.15) is 0 Å². The Bertz CT molecular complexity index is 714. The summed E-state index contributed by atoms with van der Waals surface area (Å²) < 4.78 is 17.0. The maximum Gasteiger partial charge on any atom is 0.126 e. The van der Waals surface area contributed by atoms with Crippen LogP contribution in [0.15, 0.2) is 41.8 Å². The summed E-state index contributed by atoms with van der Waals surface area (Å²) in [5.74, 6) is -0.117. The molecule has 0 aliphatic carbocycles. The molecule has 0 atom stereocenters. The van der Waals surface area contributed by atoms with E-state index >= 15 is 0 Å². The highest BCUT2D eigenvalue weighted by atomic mass is 32.1. The normalized spacial score (nSPS) is 11.3. The number of aromatic nitrogens is 1. The van der Waals surface area contributed by atoms with Gasteiger partial charge in [-0.15, -0.1) is 11.3 Å². The molecule has 1 N–H and O–H groups in total. The first-order chi connectivity index (χ1) is 9.75. The summed E-state index contributed by atoms with van der Waals surface area (Å²) in [4.78, 5) is 0. The van der Waals surface area contributed by atoms with Crippen molar-refractivity contribution in [3.63, 3.8) is 0 Å². The fourth-order valence-corrected chi connectivity index (χ4v) is 3.29. The number of aryl methyl sites for hydroxylation is 1. The molecule has 2 nitrogen and oxygen atoms in total. The number of nitrogens with zero attached hydrogens (tertiary/aromatic N) is 1. The zero-order valence-corrected chi connectivity index (χ0v) is 12.2. The van der Waals surface area contributed by atoms with Gasteiger partial charge in [0.1, 0.15) is 5.82 Å². The van der Waals surface area contributed by atoms with Gasteiger partial charge in [-0.1, -0.05) is 18.2 Å². The van der Waals surface area contributed by atoms with Crippen LogP contribution in [-0.2, 0) is 20.0 Å². The monoisotopic (exact) mass is 288 g/mol. The number of nitrogens with one attached hydrogen (secondary N) is 1. The lowest BCUT2D eigenvalue weighted by Crippen LogP contribution is -2.18. The Balaban J connectivity index is 1.56. The first kappa shape index (κ1) is 13.3. The summed E-state index contributed by atoms with van der Waals surface area (Å²) in [6, 6.07) is 11.3. The number of thiophene rings is 1. The predicted molar refractivity (Wildman–Crippen MR) is 82.6 cm³/mol. The smallest absolute Gasteiger partial charge is 0.126 e. The van der Waals surface area contributed by atoms with E-state index in [1.54, 1.807) is 17.4 Å². The molecule has 0 radical (unpaired) electrons. The maximum absolute atomic E-state index is 13.5. The third-order valence-corrected chi connectivity index (χ3v) is 4.45. The fraction of sp³-hybridized carbons (Fsp3) is 0.250. The van der Waals surface area contributed by atoms with Crippen LogP contribution in [0.25, 0.3) is 10.2 Å². The summed E-state index contributed by atoms with van der Waals surface area (Å²) in [6.45, 7) is 1.59. The Labute approximate surface area is 121 Å². The molecule has 0 aliphatic heterocycles. The summed E-state index contributed by atoms with van der Waals surface area (Å²) in [6.07, 6.45) is 0.714. The molecular formula is C16H17FN2S. The number of hydrogen-bond donors (Lipinski definition) is 1. The van der Waals surface area contributed by atoms with E-state index in [4.69, 9.17) is 0 Å². The summed E-state index contributed by atoms with van der Waals surface area (Å²) in [5.41, 5.74) is 3.31. The van der Waals surface area contributed by atoms with Crippen LogP contribution >= 0.6 is 11.3 Å². The van der Waals surface area contributed by atoms with E-state index in [0.29, 0.717) is 6.42 Å². The molecule has 0 bridgehead atoms. The highest BCUT2D eigenvalue weighted by Gasteiger charge is 2.06. The maximum atomic E-state index is 13.5.